The first-order chi connectivity index (χ1) is 16.1. The number of hydrogen-bond donors (Lipinski definition) is 0. The summed E-state index contributed by atoms with van der Waals surface area (Å²) in [7, 11) is -3.71. The number of nitro benzene ring substituents is 1. The van der Waals surface area contributed by atoms with Gasteiger partial charge in [0.1, 0.15) is 0 Å². The lowest BCUT2D eigenvalue weighted by atomic mass is 10.2. The van der Waals surface area contributed by atoms with Gasteiger partial charge in [-0.3, -0.25) is 14.9 Å². The van der Waals surface area contributed by atoms with Gasteiger partial charge < -0.3 is 9.30 Å². The van der Waals surface area contributed by atoms with Gasteiger partial charge in [-0.25, -0.2) is 8.42 Å². The molecular formula is C22H24N4O6S2. The highest BCUT2D eigenvalue weighted by molar-refractivity contribution is 7.89. The molecule has 1 aliphatic heterocycles. The number of ether oxygens (including phenoxy) is 1. The van der Waals surface area contributed by atoms with Crippen LogP contribution in [0.1, 0.15) is 31.1 Å². The summed E-state index contributed by atoms with van der Waals surface area (Å²) in [5, 5.41) is 11.1. The Morgan fingerprint density at radius 2 is 1.82 bits per heavy atom. The van der Waals surface area contributed by atoms with E-state index >= 15 is 0 Å². The van der Waals surface area contributed by atoms with E-state index in [1.807, 2.05) is 20.8 Å². The van der Waals surface area contributed by atoms with Gasteiger partial charge in [0.05, 0.1) is 32.2 Å². The second kappa shape index (κ2) is 9.37. The second-order valence-corrected chi connectivity index (χ2v) is 11.0. The maximum Gasteiger partial charge on any atom is 0.279 e. The van der Waals surface area contributed by atoms with Gasteiger partial charge in [-0.1, -0.05) is 11.3 Å². The molecule has 0 spiro atoms. The van der Waals surface area contributed by atoms with Crippen LogP contribution >= 0.6 is 11.3 Å². The van der Waals surface area contributed by atoms with Crippen LogP contribution in [0.2, 0.25) is 0 Å². The molecule has 0 N–H and O–H groups in total. The van der Waals surface area contributed by atoms with E-state index in [9.17, 15) is 23.3 Å². The van der Waals surface area contributed by atoms with Crippen molar-refractivity contribution in [2.75, 3.05) is 13.1 Å². The van der Waals surface area contributed by atoms with Crippen LogP contribution in [-0.2, 0) is 21.3 Å². The first-order valence-electron chi connectivity index (χ1n) is 10.7. The van der Waals surface area contributed by atoms with Crippen LogP contribution in [0.5, 0.6) is 0 Å². The maximum absolute atomic E-state index is 13.0. The van der Waals surface area contributed by atoms with Gasteiger partial charge in [-0.15, -0.1) is 0 Å². The summed E-state index contributed by atoms with van der Waals surface area (Å²) in [5.74, 6) is -0.527. The minimum absolute atomic E-state index is 0.0317. The summed E-state index contributed by atoms with van der Waals surface area (Å²) < 4.78 is 35.5. The van der Waals surface area contributed by atoms with Crippen molar-refractivity contribution >= 4 is 43.2 Å². The molecule has 180 valence electrons. The summed E-state index contributed by atoms with van der Waals surface area (Å²) in [6.45, 7) is 6.61. The Labute approximate surface area is 200 Å². The Balaban J connectivity index is 1.63. The molecule has 4 rings (SSSR count). The highest BCUT2D eigenvalue weighted by Gasteiger charge is 2.32. The number of aromatic nitrogens is 1. The van der Waals surface area contributed by atoms with Crippen molar-refractivity contribution in [1.29, 1.82) is 0 Å². The van der Waals surface area contributed by atoms with E-state index in [0.717, 1.165) is 5.52 Å². The molecule has 1 aliphatic rings. The van der Waals surface area contributed by atoms with E-state index in [0.29, 0.717) is 16.0 Å². The number of hydrogen-bond acceptors (Lipinski definition) is 7. The Kier molecular flexibility index (Phi) is 6.67. The van der Waals surface area contributed by atoms with Crippen molar-refractivity contribution in [3.63, 3.8) is 0 Å². The average molecular weight is 505 g/mol. The quantitative estimate of drug-likeness (QED) is 0.388. The van der Waals surface area contributed by atoms with E-state index < -0.39 is 20.9 Å². The van der Waals surface area contributed by atoms with Crippen LogP contribution in [0.15, 0.2) is 52.4 Å². The number of carbonyl (C=O) groups excluding carboxylic acids is 1. The lowest BCUT2D eigenvalue weighted by Gasteiger charge is -2.34. The zero-order valence-electron chi connectivity index (χ0n) is 18.9. The minimum atomic E-state index is -3.71. The summed E-state index contributed by atoms with van der Waals surface area (Å²) in [4.78, 5) is 28.2. The SMILES string of the molecule is CCn1c(=NC(=O)c2ccc(S(=O)(=O)N3CC(C)OC(C)C3)cc2)sc2cc([N+](=O)[O-])ccc21. The Morgan fingerprint density at radius 1 is 1.18 bits per heavy atom. The predicted molar refractivity (Wildman–Crippen MR) is 127 cm³/mol. The number of carbonyl (C=O) groups is 1. The number of sulfonamides is 1. The fourth-order valence-corrected chi connectivity index (χ4v) is 6.68. The largest absolute Gasteiger partial charge is 0.373 e. The molecule has 2 unspecified atom stereocenters. The first-order valence-corrected chi connectivity index (χ1v) is 13.0. The highest BCUT2D eigenvalue weighted by Crippen LogP contribution is 2.24. The number of nitrogens with zero attached hydrogens (tertiary/aromatic N) is 4. The van der Waals surface area contributed by atoms with Crippen molar-refractivity contribution < 1.29 is 22.9 Å². The van der Waals surface area contributed by atoms with Gasteiger partial charge in [0.25, 0.3) is 11.6 Å². The summed E-state index contributed by atoms with van der Waals surface area (Å²) in [5.41, 5.74) is 0.963. The molecule has 1 fully saturated rings. The summed E-state index contributed by atoms with van der Waals surface area (Å²) in [6.07, 6.45) is -0.405. The molecule has 34 heavy (non-hydrogen) atoms. The zero-order chi connectivity index (χ0) is 24.6. The fourth-order valence-electron chi connectivity index (χ4n) is 3.96. The van der Waals surface area contributed by atoms with Crippen LogP contribution in [0.3, 0.4) is 0 Å². The molecule has 2 aromatic carbocycles. The Morgan fingerprint density at radius 3 is 2.41 bits per heavy atom. The van der Waals surface area contributed by atoms with Crippen molar-refractivity contribution in [2.45, 2.75) is 44.4 Å². The van der Waals surface area contributed by atoms with E-state index in [2.05, 4.69) is 4.99 Å². The van der Waals surface area contributed by atoms with Gasteiger partial charge in [0.15, 0.2) is 4.80 Å². The topological polar surface area (TPSA) is 124 Å². The number of fused-ring (bicyclic) bond motifs is 1. The normalized spacial score (nSPS) is 20.0. The third kappa shape index (κ3) is 4.67. The predicted octanol–water partition coefficient (Wildman–Crippen LogP) is 3.17. The molecule has 0 saturated carbocycles. The lowest BCUT2D eigenvalue weighted by molar-refractivity contribution is -0.384. The molecule has 1 saturated heterocycles. The third-order valence-corrected chi connectivity index (χ3v) is 8.40. The molecule has 10 nitrogen and oxygen atoms in total. The van der Waals surface area contributed by atoms with Crippen LogP contribution in [0.25, 0.3) is 10.2 Å². The smallest absolute Gasteiger partial charge is 0.279 e. The molecule has 0 bridgehead atoms. The molecule has 2 heterocycles. The van der Waals surface area contributed by atoms with Gasteiger partial charge in [0, 0.05) is 37.3 Å². The third-order valence-electron chi connectivity index (χ3n) is 5.52. The van der Waals surface area contributed by atoms with Crippen molar-refractivity contribution in [2.24, 2.45) is 4.99 Å². The number of nitro groups is 1. The van der Waals surface area contributed by atoms with Gasteiger partial charge in [0.2, 0.25) is 10.0 Å². The number of benzene rings is 2. The van der Waals surface area contributed by atoms with E-state index in [1.54, 1.807) is 10.6 Å². The Hall–Kier alpha value is -2.93. The minimum Gasteiger partial charge on any atom is -0.373 e. The van der Waals surface area contributed by atoms with Crippen LogP contribution < -0.4 is 4.80 Å². The van der Waals surface area contributed by atoms with E-state index in [4.69, 9.17) is 4.74 Å². The van der Waals surface area contributed by atoms with Gasteiger partial charge in [-0.2, -0.15) is 9.30 Å². The van der Waals surface area contributed by atoms with E-state index in [-0.39, 0.29) is 41.4 Å². The van der Waals surface area contributed by atoms with Crippen LogP contribution in [-0.4, -0.2) is 53.4 Å². The lowest BCUT2D eigenvalue weighted by Crippen LogP contribution is -2.48. The monoisotopic (exact) mass is 504 g/mol. The van der Waals surface area contributed by atoms with Gasteiger partial charge in [-0.05, 0) is 51.1 Å². The number of non-ortho nitro benzene ring substituents is 1. The summed E-state index contributed by atoms with van der Waals surface area (Å²) >= 11 is 1.19. The molecule has 1 amide bonds. The standard InChI is InChI=1S/C22H24N4O6S2/c1-4-25-19-10-7-17(26(28)29)11-20(19)33-22(25)23-21(27)16-5-8-18(9-6-16)34(30,31)24-12-14(2)32-15(3)13-24/h5-11,14-15H,4,12-13H2,1-3H3. The second-order valence-electron chi connectivity index (χ2n) is 8.06. The zero-order valence-corrected chi connectivity index (χ0v) is 20.5. The molecule has 0 radical (unpaired) electrons. The first kappa shape index (κ1) is 24.2. The van der Waals surface area contributed by atoms with Crippen molar-refractivity contribution in [3.8, 4) is 0 Å². The number of rotatable bonds is 5. The van der Waals surface area contributed by atoms with Gasteiger partial charge >= 0.3 is 0 Å². The molecule has 1 aromatic heterocycles. The number of thiazole rings is 1. The van der Waals surface area contributed by atoms with Crippen LogP contribution in [0.4, 0.5) is 5.69 Å². The number of aryl methyl sites for hydroxylation is 1. The Bertz CT molecular complexity index is 1420. The molecule has 2 atom stereocenters. The van der Waals surface area contributed by atoms with Crippen LogP contribution in [0, 0.1) is 10.1 Å². The molecule has 12 heteroatoms. The fraction of sp³-hybridized carbons (Fsp3) is 0.364. The number of morpholine rings is 1. The molecule has 3 aromatic rings. The highest BCUT2D eigenvalue weighted by atomic mass is 32.2. The summed E-state index contributed by atoms with van der Waals surface area (Å²) in [6, 6.07) is 10.2. The average Bonchev–Trinajstić information content (AvgIpc) is 3.14. The number of amides is 1. The molecule has 0 aliphatic carbocycles. The van der Waals surface area contributed by atoms with Crippen molar-refractivity contribution in [1.82, 2.24) is 8.87 Å². The van der Waals surface area contributed by atoms with Crippen molar-refractivity contribution in [3.05, 3.63) is 62.9 Å². The van der Waals surface area contributed by atoms with E-state index in [1.165, 1.54) is 52.0 Å². The maximum atomic E-state index is 13.0. The molecular weight excluding hydrogens is 480 g/mol.